The summed E-state index contributed by atoms with van der Waals surface area (Å²) in [6, 6.07) is 6.49. The maximum Gasteiger partial charge on any atom is 0.325 e. The normalized spacial score (nSPS) is 18.5. The monoisotopic (exact) mass is 439 g/mol. The van der Waals surface area contributed by atoms with E-state index >= 15 is 0 Å². The molecule has 2 fully saturated rings. The molecule has 32 heavy (non-hydrogen) atoms. The number of hydrogen-bond acceptors (Lipinski definition) is 5. The third kappa shape index (κ3) is 4.06. The molecule has 1 spiro atoms. The van der Waals surface area contributed by atoms with Gasteiger partial charge in [0.25, 0.3) is 5.91 Å². The number of imidazole rings is 1. The maximum absolute atomic E-state index is 12.9. The topological polar surface area (TPSA) is 106 Å². The van der Waals surface area contributed by atoms with E-state index < -0.39 is 17.6 Å². The lowest BCUT2D eigenvalue weighted by atomic mass is 9.82. The van der Waals surface area contributed by atoms with Gasteiger partial charge < -0.3 is 19.9 Å². The van der Waals surface area contributed by atoms with Crippen LogP contribution >= 0.6 is 0 Å². The lowest BCUT2D eigenvalue weighted by Crippen LogP contribution is -2.48. The average molecular weight is 440 g/mol. The van der Waals surface area contributed by atoms with Gasteiger partial charge in [0.1, 0.15) is 23.2 Å². The zero-order valence-corrected chi connectivity index (χ0v) is 18.5. The summed E-state index contributed by atoms with van der Waals surface area (Å²) < 4.78 is 7.32. The molecule has 1 atom stereocenters. The van der Waals surface area contributed by atoms with Gasteiger partial charge in [-0.1, -0.05) is 37.5 Å². The van der Waals surface area contributed by atoms with E-state index in [1.807, 2.05) is 35.9 Å². The molecule has 0 unspecified atom stereocenters. The summed E-state index contributed by atoms with van der Waals surface area (Å²) in [5.41, 5.74) is -0.00702. The zero-order chi connectivity index (χ0) is 22.7. The number of aryl methyl sites for hydroxylation is 1. The number of aromatic nitrogens is 2. The summed E-state index contributed by atoms with van der Waals surface area (Å²) in [6.45, 7) is 0.0391. The second-order valence-electron chi connectivity index (χ2n) is 8.42. The first-order chi connectivity index (χ1) is 15.4. The standard InChI is InChI=1S/C23H29N5O4/c1-27-15-13-24-20(27)19(16-8-4-5-9-17(16)32-2)25-18(29)10-14-28-21(30)23(26-22(28)31)11-6-3-7-12-23/h4-5,8-9,13,15,19H,3,6-7,10-12,14H2,1-2H3,(H,25,29)(H,26,31)/t19-/m1/s1. The van der Waals surface area contributed by atoms with Gasteiger partial charge >= 0.3 is 6.03 Å². The molecule has 4 rings (SSSR count). The van der Waals surface area contributed by atoms with Crippen LogP contribution in [-0.2, 0) is 16.6 Å². The van der Waals surface area contributed by atoms with E-state index in [4.69, 9.17) is 4.74 Å². The Kier molecular flexibility index (Phi) is 6.16. The van der Waals surface area contributed by atoms with Crippen LogP contribution < -0.4 is 15.4 Å². The van der Waals surface area contributed by atoms with Crippen LogP contribution in [0.1, 0.15) is 56.0 Å². The highest BCUT2D eigenvalue weighted by molar-refractivity contribution is 6.07. The van der Waals surface area contributed by atoms with E-state index in [9.17, 15) is 14.4 Å². The predicted octanol–water partition coefficient (Wildman–Crippen LogP) is 2.28. The molecular weight excluding hydrogens is 410 g/mol. The molecule has 2 aliphatic rings. The zero-order valence-electron chi connectivity index (χ0n) is 18.5. The lowest BCUT2D eigenvalue weighted by molar-refractivity contribution is -0.132. The highest BCUT2D eigenvalue weighted by atomic mass is 16.5. The number of nitrogens with zero attached hydrogens (tertiary/aromatic N) is 3. The number of amides is 4. The first-order valence-electron chi connectivity index (χ1n) is 11.0. The van der Waals surface area contributed by atoms with Crippen molar-refractivity contribution >= 4 is 17.8 Å². The molecule has 1 aliphatic carbocycles. The third-order valence-corrected chi connectivity index (χ3v) is 6.39. The van der Waals surface area contributed by atoms with Gasteiger partial charge in [-0.15, -0.1) is 0 Å². The highest BCUT2D eigenvalue weighted by Crippen LogP contribution is 2.34. The minimum Gasteiger partial charge on any atom is -0.496 e. The van der Waals surface area contributed by atoms with E-state index in [1.54, 1.807) is 19.5 Å². The van der Waals surface area contributed by atoms with Crippen LogP contribution in [0.2, 0.25) is 0 Å². The van der Waals surface area contributed by atoms with Gasteiger partial charge in [0.15, 0.2) is 0 Å². The van der Waals surface area contributed by atoms with Gasteiger partial charge in [0, 0.05) is 38.0 Å². The summed E-state index contributed by atoms with van der Waals surface area (Å²) in [6.07, 6.45) is 7.72. The second-order valence-corrected chi connectivity index (χ2v) is 8.42. The minimum absolute atomic E-state index is 0.00527. The van der Waals surface area contributed by atoms with Crippen molar-refractivity contribution in [2.45, 2.75) is 50.1 Å². The van der Waals surface area contributed by atoms with Crippen LogP contribution in [0, 0.1) is 0 Å². The Balaban J connectivity index is 1.47. The van der Waals surface area contributed by atoms with Crippen LogP contribution in [0.3, 0.4) is 0 Å². The third-order valence-electron chi connectivity index (χ3n) is 6.39. The fraction of sp³-hybridized carbons (Fsp3) is 0.478. The minimum atomic E-state index is -0.779. The molecule has 4 amide bonds. The predicted molar refractivity (Wildman–Crippen MR) is 117 cm³/mol. The van der Waals surface area contributed by atoms with Crippen molar-refractivity contribution in [3.63, 3.8) is 0 Å². The molecule has 2 heterocycles. The molecule has 1 aromatic carbocycles. The van der Waals surface area contributed by atoms with E-state index in [0.29, 0.717) is 24.4 Å². The lowest BCUT2D eigenvalue weighted by Gasteiger charge is -2.30. The quantitative estimate of drug-likeness (QED) is 0.644. The number of para-hydroxylation sites is 1. The largest absolute Gasteiger partial charge is 0.496 e. The number of benzene rings is 1. The molecular formula is C23H29N5O4. The first-order valence-corrected chi connectivity index (χ1v) is 11.0. The summed E-state index contributed by atoms with van der Waals surface area (Å²) in [5, 5.41) is 5.88. The summed E-state index contributed by atoms with van der Waals surface area (Å²) in [4.78, 5) is 43.9. The number of ether oxygens (including phenoxy) is 1. The first kappa shape index (κ1) is 21.9. The molecule has 1 aliphatic heterocycles. The van der Waals surface area contributed by atoms with Crippen LogP contribution in [-0.4, -0.2) is 51.5 Å². The van der Waals surface area contributed by atoms with E-state index in [0.717, 1.165) is 24.8 Å². The van der Waals surface area contributed by atoms with Crippen molar-refractivity contribution in [1.29, 1.82) is 0 Å². The maximum atomic E-state index is 12.9. The van der Waals surface area contributed by atoms with Gasteiger partial charge in [0.05, 0.1) is 7.11 Å². The Bertz CT molecular complexity index is 1010. The Morgan fingerprint density at radius 1 is 1.25 bits per heavy atom. The van der Waals surface area contributed by atoms with Gasteiger partial charge in [-0.3, -0.25) is 14.5 Å². The van der Waals surface area contributed by atoms with E-state index in [-0.39, 0.29) is 24.8 Å². The van der Waals surface area contributed by atoms with Crippen molar-refractivity contribution < 1.29 is 19.1 Å². The summed E-state index contributed by atoms with van der Waals surface area (Å²) in [5.74, 6) is 0.794. The Morgan fingerprint density at radius 2 is 2.00 bits per heavy atom. The van der Waals surface area contributed by atoms with E-state index in [2.05, 4.69) is 15.6 Å². The number of imide groups is 1. The number of carbonyl (C=O) groups excluding carboxylic acids is 3. The van der Waals surface area contributed by atoms with Crippen molar-refractivity contribution in [3.8, 4) is 5.75 Å². The SMILES string of the molecule is COc1ccccc1[C@@H](NC(=O)CCN1C(=O)NC2(CCCCC2)C1=O)c1nccn1C. The highest BCUT2D eigenvalue weighted by Gasteiger charge is 2.51. The number of rotatable bonds is 7. The Morgan fingerprint density at radius 3 is 2.69 bits per heavy atom. The number of methoxy groups -OCH3 is 1. The number of hydrogen-bond donors (Lipinski definition) is 2. The Labute approximate surface area is 187 Å². The molecule has 1 aromatic heterocycles. The van der Waals surface area contributed by atoms with Crippen molar-refractivity contribution in [3.05, 3.63) is 48.0 Å². The molecule has 9 nitrogen and oxygen atoms in total. The summed E-state index contributed by atoms with van der Waals surface area (Å²) in [7, 11) is 3.43. The van der Waals surface area contributed by atoms with Crippen LogP contribution in [0.5, 0.6) is 5.75 Å². The molecule has 1 saturated carbocycles. The van der Waals surface area contributed by atoms with Gasteiger partial charge in [-0.05, 0) is 18.9 Å². The number of urea groups is 1. The van der Waals surface area contributed by atoms with Crippen LogP contribution in [0.4, 0.5) is 4.79 Å². The molecule has 1 saturated heterocycles. The fourth-order valence-electron chi connectivity index (χ4n) is 4.66. The van der Waals surface area contributed by atoms with E-state index in [1.165, 1.54) is 4.90 Å². The summed E-state index contributed by atoms with van der Waals surface area (Å²) >= 11 is 0. The second kappa shape index (κ2) is 9.02. The molecule has 0 bridgehead atoms. The fourth-order valence-corrected chi connectivity index (χ4v) is 4.66. The van der Waals surface area contributed by atoms with Gasteiger partial charge in [-0.2, -0.15) is 0 Å². The van der Waals surface area contributed by atoms with Crippen molar-refractivity contribution in [1.82, 2.24) is 25.1 Å². The Hall–Kier alpha value is -3.36. The van der Waals surface area contributed by atoms with Gasteiger partial charge in [-0.25, -0.2) is 9.78 Å². The smallest absolute Gasteiger partial charge is 0.325 e. The number of carbonyl (C=O) groups is 3. The molecule has 2 N–H and O–H groups in total. The van der Waals surface area contributed by atoms with Crippen molar-refractivity contribution in [2.24, 2.45) is 7.05 Å². The van der Waals surface area contributed by atoms with Crippen LogP contribution in [0.25, 0.3) is 0 Å². The average Bonchev–Trinajstić information content (AvgIpc) is 3.32. The molecule has 170 valence electrons. The van der Waals surface area contributed by atoms with Crippen molar-refractivity contribution in [2.75, 3.05) is 13.7 Å². The molecule has 2 aromatic rings. The molecule has 9 heteroatoms. The van der Waals surface area contributed by atoms with Crippen LogP contribution in [0.15, 0.2) is 36.7 Å². The molecule has 0 radical (unpaired) electrons. The number of nitrogens with one attached hydrogen (secondary N) is 2. The van der Waals surface area contributed by atoms with Gasteiger partial charge in [0.2, 0.25) is 5.91 Å².